The molecule has 0 fully saturated rings. The van der Waals surface area contributed by atoms with Crippen LogP contribution in [0.3, 0.4) is 0 Å². The lowest BCUT2D eigenvalue weighted by Crippen LogP contribution is -2.30. The molecule has 0 amide bonds. The zero-order valence-electron chi connectivity index (χ0n) is 5.40. The minimum absolute atomic E-state index is 0.625. The van der Waals surface area contributed by atoms with Crippen molar-refractivity contribution < 1.29 is 8.85 Å². The van der Waals surface area contributed by atoms with E-state index in [2.05, 4.69) is 0 Å². The SMILES string of the molecule is CCO[Si](C)(Cl)OC. The van der Waals surface area contributed by atoms with Crippen molar-refractivity contribution in [1.82, 2.24) is 0 Å². The van der Waals surface area contributed by atoms with E-state index < -0.39 is 7.87 Å². The standard InChI is InChI=1S/C4H11ClO2Si/c1-4-7-8(3,5)6-2/h4H2,1-3H3. The Balaban J connectivity index is 3.37. The maximum absolute atomic E-state index is 5.72. The Labute approximate surface area is 55.7 Å². The van der Waals surface area contributed by atoms with Crippen molar-refractivity contribution in [2.45, 2.75) is 13.5 Å². The van der Waals surface area contributed by atoms with Crippen LogP contribution in [0.4, 0.5) is 0 Å². The molecule has 0 aromatic heterocycles. The molecular formula is C4H11ClO2Si. The van der Waals surface area contributed by atoms with Crippen molar-refractivity contribution in [2.75, 3.05) is 13.7 Å². The monoisotopic (exact) mass is 154 g/mol. The maximum Gasteiger partial charge on any atom is 0.439 e. The average molecular weight is 155 g/mol. The Morgan fingerprint density at radius 1 is 1.62 bits per heavy atom. The first-order valence-corrected chi connectivity index (χ1v) is 5.83. The van der Waals surface area contributed by atoms with Crippen molar-refractivity contribution in [1.29, 1.82) is 0 Å². The van der Waals surface area contributed by atoms with Crippen LogP contribution in [0.25, 0.3) is 0 Å². The lowest BCUT2D eigenvalue weighted by Gasteiger charge is -2.14. The number of halogens is 1. The first kappa shape index (κ1) is 8.43. The van der Waals surface area contributed by atoms with E-state index in [9.17, 15) is 0 Å². The smallest absolute Gasteiger partial charge is 0.387 e. The van der Waals surface area contributed by atoms with E-state index in [4.69, 9.17) is 19.9 Å². The third-order valence-electron chi connectivity index (χ3n) is 0.767. The van der Waals surface area contributed by atoms with Gasteiger partial charge in [0.25, 0.3) is 0 Å². The van der Waals surface area contributed by atoms with E-state index in [0.717, 1.165) is 0 Å². The molecule has 0 N–H and O–H groups in total. The van der Waals surface area contributed by atoms with Gasteiger partial charge in [-0.05, 0) is 13.5 Å². The fourth-order valence-electron chi connectivity index (χ4n) is 0.317. The molecule has 0 aliphatic rings. The molecule has 0 spiro atoms. The molecule has 0 aromatic carbocycles. The molecule has 0 aliphatic carbocycles. The highest BCUT2D eigenvalue weighted by molar-refractivity contribution is 7.12. The normalized spacial score (nSPS) is 18.0. The summed E-state index contributed by atoms with van der Waals surface area (Å²) in [6.07, 6.45) is 0. The molecule has 1 unspecified atom stereocenters. The van der Waals surface area contributed by atoms with E-state index in [1.807, 2.05) is 6.92 Å². The largest absolute Gasteiger partial charge is 0.439 e. The van der Waals surface area contributed by atoms with Crippen LogP contribution in [0, 0.1) is 0 Å². The third kappa shape index (κ3) is 3.43. The van der Waals surface area contributed by atoms with Crippen LogP contribution in [-0.4, -0.2) is 21.6 Å². The second kappa shape index (κ2) is 3.45. The maximum atomic E-state index is 5.72. The topological polar surface area (TPSA) is 18.5 Å². The van der Waals surface area contributed by atoms with Gasteiger partial charge in [0, 0.05) is 13.7 Å². The van der Waals surface area contributed by atoms with Gasteiger partial charge in [0.15, 0.2) is 0 Å². The molecule has 0 aromatic rings. The molecule has 0 aliphatic heterocycles. The van der Waals surface area contributed by atoms with Gasteiger partial charge in [0.1, 0.15) is 0 Å². The van der Waals surface area contributed by atoms with Crippen LogP contribution in [0.1, 0.15) is 6.92 Å². The molecule has 1 atom stereocenters. The number of rotatable bonds is 3. The van der Waals surface area contributed by atoms with Crippen LogP contribution in [0.5, 0.6) is 0 Å². The summed E-state index contributed by atoms with van der Waals surface area (Å²) in [6, 6.07) is 0. The summed E-state index contributed by atoms with van der Waals surface area (Å²) >= 11 is 5.72. The molecular weight excluding hydrogens is 144 g/mol. The quantitative estimate of drug-likeness (QED) is 0.453. The predicted molar refractivity (Wildman–Crippen MR) is 36.1 cm³/mol. The summed E-state index contributed by atoms with van der Waals surface area (Å²) in [5.74, 6) is 0. The first-order chi connectivity index (χ1) is 3.62. The summed E-state index contributed by atoms with van der Waals surface area (Å²) in [5.41, 5.74) is 0. The van der Waals surface area contributed by atoms with Gasteiger partial charge in [-0.3, -0.25) is 0 Å². The minimum Gasteiger partial charge on any atom is -0.387 e. The van der Waals surface area contributed by atoms with Gasteiger partial charge in [-0.15, -0.1) is 0 Å². The summed E-state index contributed by atoms with van der Waals surface area (Å²) in [7, 11) is -0.641. The molecule has 0 saturated carbocycles. The van der Waals surface area contributed by atoms with Gasteiger partial charge < -0.3 is 8.85 Å². The molecule has 4 heteroatoms. The van der Waals surface area contributed by atoms with Crippen LogP contribution in [0.15, 0.2) is 0 Å². The average Bonchev–Trinajstić information content (AvgIpc) is 1.67. The van der Waals surface area contributed by atoms with Gasteiger partial charge in [0.05, 0.1) is 0 Å². The molecule has 0 rings (SSSR count). The van der Waals surface area contributed by atoms with Gasteiger partial charge in [-0.1, -0.05) is 11.1 Å². The molecule has 2 nitrogen and oxygen atoms in total. The van der Waals surface area contributed by atoms with Crippen molar-refractivity contribution >= 4 is 18.9 Å². The Morgan fingerprint density at radius 3 is 2.25 bits per heavy atom. The Morgan fingerprint density at radius 2 is 2.12 bits per heavy atom. The molecule has 0 heterocycles. The highest BCUT2D eigenvalue weighted by atomic mass is 35.6. The highest BCUT2D eigenvalue weighted by Crippen LogP contribution is 2.09. The van der Waals surface area contributed by atoms with E-state index in [0.29, 0.717) is 6.61 Å². The van der Waals surface area contributed by atoms with Crippen LogP contribution in [0.2, 0.25) is 6.55 Å². The van der Waals surface area contributed by atoms with Crippen molar-refractivity contribution in [3.05, 3.63) is 0 Å². The van der Waals surface area contributed by atoms with E-state index >= 15 is 0 Å². The fraction of sp³-hybridized carbons (Fsp3) is 1.00. The predicted octanol–water partition coefficient (Wildman–Crippen LogP) is 1.48. The second-order valence-electron chi connectivity index (χ2n) is 1.47. The Bertz CT molecular complexity index is 67.1. The van der Waals surface area contributed by atoms with Crippen molar-refractivity contribution in [3.63, 3.8) is 0 Å². The highest BCUT2D eigenvalue weighted by Gasteiger charge is 2.25. The zero-order valence-corrected chi connectivity index (χ0v) is 7.16. The van der Waals surface area contributed by atoms with E-state index in [1.54, 1.807) is 13.7 Å². The Hall–Kier alpha value is 0.427. The van der Waals surface area contributed by atoms with Gasteiger partial charge in [0.2, 0.25) is 0 Å². The number of hydrogen-bond acceptors (Lipinski definition) is 2. The molecule has 0 saturated heterocycles. The Kier molecular flexibility index (Phi) is 3.64. The van der Waals surface area contributed by atoms with E-state index in [-0.39, 0.29) is 0 Å². The summed E-state index contributed by atoms with van der Waals surface area (Å²) in [5, 5.41) is 0. The van der Waals surface area contributed by atoms with Crippen LogP contribution < -0.4 is 0 Å². The van der Waals surface area contributed by atoms with E-state index in [1.165, 1.54) is 0 Å². The van der Waals surface area contributed by atoms with Crippen LogP contribution >= 0.6 is 11.1 Å². The van der Waals surface area contributed by atoms with Crippen molar-refractivity contribution in [3.8, 4) is 0 Å². The minimum atomic E-state index is -2.21. The fourth-order valence-corrected chi connectivity index (χ4v) is 1.28. The molecule has 0 radical (unpaired) electrons. The second-order valence-corrected chi connectivity index (χ2v) is 5.90. The van der Waals surface area contributed by atoms with Crippen LogP contribution in [-0.2, 0) is 8.85 Å². The summed E-state index contributed by atoms with van der Waals surface area (Å²) in [6.45, 7) is 4.31. The van der Waals surface area contributed by atoms with Gasteiger partial charge >= 0.3 is 7.87 Å². The zero-order chi connectivity index (χ0) is 6.62. The summed E-state index contributed by atoms with van der Waals surface area (Å²) < 4.78 is 9.92. The molecule has 8 heavy (non-hydrogen) atoms. The van der Waals surface area contributed by atoms with Gasteiger partial charge in [-0.2, -0.15) is 0 Å². The number of hydrogen-bond donors (Lipinski definition) is 0. The molecule has 0 bridgehead atoms. The van der Waals surface area contributed by atoms with Crippen molar-refractivity contribution in [2.24, 2.45) is 0 Å². The lowest BCUT2D eigenvalue weighted by atomic mass is 10.9. The summed E-state index contributed by atoms with van der Waals surface area (Å²) in [4.78, 5) is 0. The molecule has 50 valence electrons. The van der Waals surface area contributed by atoms with Gasteiger partial charge in [-0.25, -0.2) is 0 Å². The first-order valence-electron chi connectivity index (χ1n) is 2.50. The lowest BCUT2D eigenvalue weighted by molar-refractivity contribution is 0.237. The third-order valence-corrected chi connectivity index (χ3v) is 3.09.